The Morgan fingerprint density at radius 3 is 2.88 bits per heavy atom. The van der Waals surface area contributed by atoms with Gasteiger partial charge in [-0.15, -0.1) is 0 Å². The third-order valence-electron chi connectivity index (χ3n) is 2.38. The van der Waals surface area contributed by atoms with Gasteiger partial charge in [-0.1, -0.05) is 0 Å². The molecule has 0 fully saturated rings. The third-order valence-corrected chi connectivity index (χ3v) is 3.02. The quantitative estimate of drug-likeness (QED) is 0.594. The summed E-state index contributed by atoms with van der Waals surface area (Å²) in [5.74, 6) is 6.82. The summed E-state index contributed by atoms with van der Waals surface area (Å²) in [7, 11) is 1.57. The van der Waals surface area contributed by atoms with Crippen LogP contribution in [-0.4, -0.2) is 19.1 Å². The van der Waals surface area contributed by atoms with Crippen molar-refractivity contribution in [1.82, 2.24) is 5.43 Å². The van der Waals surface area contributed by atoms with E-state index < -0.39 is 0 Å². The summed E-state index contributed by atoms with van der Waals surface area (Å²) in [6.07, 6.45) is 2.86. The van der Waals surface area contributed by atoms with Gasteiger partial charge in [0.1, 0.15) is 11.6 Å². The molecule has 0 saturated carbocycles. The Balaban J connectivity index is 2.92. The van der Waals surface area contributed by atoms with E-state index in [1.807, 2.05) is 6.26 Å². The molecule has 16 heavy (non-hydrogen) atoms. The van der Waals surface area contributed by atoms with Crippen molar-refractivity contribution in [3.05, 3.63) is 29.6 Å². The van der Waals surface area contributed by atoms with E-state index in [2.05, 4.69) is 5.43 Å². The Labute approximate surface area is 99.5 Å². The summed E-state index contributed by atoms with van der Waals surface area (Å²) in [6, 6.07) is 4.38. The normalized spacial score (nSPS) is 12.5. The number of nitrogens with one attached hydrogen (secondary N) is 1. The number of benzene rings is 1. The van der Waals surface area contributed by atoms with E-state index in [1.54, 1.807) is 24.9 Å². The van der Waals surface area contributed by atoms with Crippen LogP contribution in [0.3, 0.4) is 0 Å². The molecule has 5 heteroatoms. The first kappa shape index (κ1) is 13.3. The van der Waals surface area contributed by atoms with Crippen LogP contribution in [0.1, 0.15) is 18.0 Å². The van der Waals surface area contributed by atoms with E-state index in [9.17, 15) is 4.39 Å². The fourth-order valence-corrected chi connectivity index (χ4v) is 2.01. The van der Waals surface area contributed by atoms with Crippen molar-refractivity contribution in [2.75, 3.05) is 19.1 Å². The molecular formula is C11H17FN2OS. The van der Waals surface area contributed by atoms with E-state index in [0.29, 0.717) is 5.75 Å². The van der Waals surface area contributed by atoms with E-state index in [4.69, 9.17) is 10.6 Å². The number of methoxy groups -OCH3 is 1. The smallest absolute Gasteiger partial charge is 0.123 e. The molecule has 0 aliphatic heterocycles. The van der Waals surface area contributed by atoms with E-state index in [0.717, 1.165) is 17.7 Å². The van der Waals surface area contributed by atoms with Crippen LogP contribution in [-0.2, 0) is 0 Å². The molecule has 3 N–H and O–H groups in total. The van der Waals surface area contributed by atoms with Crippen molar-refractivity contribution in [3.8, 4) is 5.75 Å². The second kappa shape index (κ2) is 6.73. The summed E-state index contributed by atoms with van der Waals surface area (Å²) in [6.45, 7) is 0. The molecule has 3 nitrogen and oxygen atoms in total. The lowest BCUT2D eigenvalue weighted by Gasteiger charge is -2.18. The molecule has 0 heterocycles. The van der Waals surface area contributed by atoms with Crippen molar-refractivity contribution in [3.63, 3.8) is 0 Å². The lowest BCUT2D eigenvalue weighted by Crippen LogP contribution is -2.28. The Morgan fingerprint density at radius 2 is 2.31 bits per heavy atom. The van der Waals surface area contributed by atoms with Gasteiger partial charge in [-0.3, -0.25) is 11.3 Å². The van der Waals surface area contributed by atoms with Gasteiger partial charge in [0, 0.05) is 5.56 Å². The van der Waals surface area contributed by atoms with Crippen LogP contribution < -0.4 is 16.0 Å². The number of ether oxygens (including phenoxy) is 1. The van der Waals surface area contributed by atoms with E-state index in [-0.39, 0.29) is 11.9 Å². The molecule has 1 atom stereocenters. The fraction of sp³-hybridized carbons (Fsp3) is 0.455. The monoisotopic (exact) mass is 244 g/mol. The standard InChI is InChI=1S/C11H17FN2OS/c1-15-11-4-3-8(12)7-9(11)10(14-13)5-6-16-2/h3-4,7,10,14H,5-6,13H2,1-2H3. The number of nitrogens with two attached hydrogens (primary N) is 1. The Kier molecular flexibility index (Phi) is 5.59. The molecule has 0 aliphatic carbocycles. The van der Waals surface area contributed by atoms with Crippen molar-refractivity contribution < 1.29 is 9.13 Å². The molecule has 0 aromatic heterocycles. The van der Waals surface area contributed by atoms with Gasteiger partial charge < -0.3 is 4.74 Å². The number of hydrogen-bond acceptors (Lipinski definition) is 4. The zero-order chi connectivity index (χ0) is 12.0. The molecule has 1 rings (SSSR count). The SMILES string of the molecule is COc1ccc(F)cc1C(CCSC)NN. The molecule has 0 aliphatic rings. The topological polar surface area (TPSA) is 47.3 Å². The minimum atomic E-state index is -0.278. The number of hydrogen-bond donors (Lipinski definition) is 2. The van der Waals surface area contributed by atoms with Gasteiger partial charge in [0.05, 0.1) is 13.2 Å². The highest BCUT2D eigenvalue weighted by Gasteiger charge is 2.15. The van der Waals surface area contributed by atoms with Crippen LogP contribution in [0.4, 0.5) is 4.39 Å². The first-order valence-electron chi connectivity index (χ1n) is 5.01. The lowest BCUT2D eigenvalue weighted by molar-refractivity contribution is 0.396. The van der Waals surface area contributed by atoms with Gasteiger partial charge in [-0.2, -0.15) is 11.8 Å². The van der Waals surface area contributed by atoms with Gasteiger partial charge in [-0.25, -0.2) is 4.39 Å². The van der Waals surface area contributed by atoms with Crippen molar-refractivity contribution in [2.45, 2.75) is 12.5 Å². The van der Waals surface area contributed by atoms with Gasteiger partial charge in [0.25, 0.3) is 0 Å². The van der Waals surface area contributed by atoms with E-state index in [1.165, 1.54) is 12.1 Å². The van der Waals surface area contributed by atoms with Crippen molar-refractivity contribution >= 4 is 11.8 Å². The zero-order valence-electron chi connectivity index (χ0n) is 9.50. The van der Waals surface area contributed by atoms with Crippen LogP contribution in [0.25, 0.3) is 0 Å². The molecule has 0 spiro atoms. The van der Waals surface area contributed by atoms with Crippen molar-refractivity contribution in [1.29, 1.82) is 0 Å². The molecule has 0 saturated heterocycles. The molecule has 1 aromatic rings. The van der Waals surface area contributed by atoms with Crippen LogP contribution in [0, 0.1) is 5.82 Å². The molecule has 0 radical (unpaired) electrons. The largest absolute Gasteiger partial charge is 0.496 e. The fourth-order valence-electron chi connectivity index (χ4n) is 1.54. The first-order valence-corrected chi connectivity index (χ1v) is 6.40. The summed E-state index contributed by atoms with van der Waals surface area (Å²) >= 11 is 1.73. The average molecular weight is 244 g/mol. The summed E-state index contributed by atoms with van der Waals surface area (Å²) in [5, 5.41) is 0. The van der Waals surface area contributed by atoms with Crippen molar-refractivity contribution in [2.24, 2.45) is 5.84 Å². The van der Waals surface area contributed by atoms with Gasteiger partial charge >= 0.3 is 0 Å². The van der Waals surface area contributed by atoms with Crippen LogP contribution >= 0.6 is 11.8 Å². The number of rotatable bonds is 6. The molecule has 1 aromatic carbocycles. The Hall–Kier alpha value is -0.780. The Morgan fingerprint density at radius 1 is 1.56 bits per heavy atom. The number of halogens is 1. The van der Waals surface area contributed by atoms with Gasteiger partial charge in [0.15, 0.2) is 0 Å². The molecule has 90 valence electrons. The van der Waals surface area contributed by atoms with Crippen LogP contribution in [0.2, 0.25) is 0 Å². The first-order chi connectivity index (χ1) is 7.72. The average Bonchev–Trinajstić information content (AvgIpc) is 2.30. The third kappa shape index (κ3) is 3.37. The molecule has 0 bridgehead atoms. The zero-order valence-corrected chi connectivity index (χ0v) is 10.3. The number of thioether (sulfide) groups is 1. The van der Waals surface area contributed by atoms with Crippen LogP contribution in [0.15, 0.2) is 18.2 Å². The summed E-state index contributed by atoms with van der Waals surface area (Å²) in [5.41, 5.74) is 3.46. The van der Waals surface area contributed by atoms with Gasteiger partial charge in [-0.05, 0) is 36.6 Å². The van der Waals surface area contributed by atoms with Crippen LogP contribution in [0.5, 0.6) is 5.75 Å². The minimum Gasteiger partial charge on any atom is -0.496 e. The highest BCUT2D eigenvalue weighted by atomic mass is 32.2. The second-order valence-electron chi connectivity index (χ2n) is 3.39. The predicted octanol–water partition coefficient (Wildman–Crippen LogP) is 2.09. The maximum Gasteiger partial charge on any atom is 0.123 e. The molecule has 1 unspecified atom stereocenters. The minimum absolute atomic E-state index is 0.0851. The number of hydrazine groups is 1. The highest BCUT2D eigenvalue weighted by Crippen LogP contribution is 2.28. The maximum absolute atomic E-state index is 13.2. The highest BCUT2D eigenvalue weighted by molar-refractivity contribution is 7.98. The Bertz CT molecular complexity index is 336. The summed E-state index contributed by atoms with van der Waals surface area (Å²) < 4.78 is 18.4. The maximum atomic E-state index is 13.2. The lowest BCUT2D eigenvalue weighted by atomic mass is 10.0. The van der Waals surface area contributed by atoms with Gasteiger partial charge in [0.2, 0.25) is 0 Å². The molecule has 0 amide bonds. The molecular weight excluding hydrogens is 227 g/mol. The van der Waals surface area contributed by atoms with E-state index >= 15 is 0 Å². The summed E-state index contributed by atoms with van der Waals surface area (Å²) in [4.78, 5) is 0. The second-order valence-corrected chi connectivity index (χ2v) is 4.37. The predicted molar refractivity (Wildman–Crippen MR) is 66.0 cm³/mol.